The van der Waals surface area contributed by atoms with E-state index in [0.29, 0.717) is 42.6 Å². The van der Waals surface area contributed by atoms with E-state index in [4.69, 9.17) is 33.2 Å². The average Bonchev–Trinajstić information content (AvgIpc) is 1.21. The van der Waals surface area contributed by atoms with Crippen LogP contribution in [0.5, 0.6) is 0 Å². The van der Waals surface area contributed by atoms with Gasteiger partial charge in [-0.25, -0.2) is 0 Å². The Morgan fingerprint density at radius 1 is 0.511 bits per heavy atom. The van der Waals surface area contributed by atoms with Crippen LogP contribution in [0.1, 0.15) is 147 Å². The van der Waals surface area contributed by atoms with Gasteiger partial charge in [-0.2, -0.15) is 13.2 Å². The zero-order valence-corrected chi connectivity index (χ0v) is 55.5. The first-order chi connectivity index (χ1) is 41.9. The molecule has 13 atom stereocenters. The molecule has 7 aliphatic heterocycles. The van der Waals surface area contributed by atoms with Crippen LogP contribution in [0.25, 0.3) is 0 Å². The third kappa shape index (κ3) is 20.6. The van der Waals surface area contributed by atoms with Gasteiger partial charge >= 0.3 is 48.0 Å². The number of benzene rings is 3. The van der Waals surface area contributed by atoms with E-state index in [1.165, 1.54) is 17.7 Å². The van der Waals surface area contributed by atoms with Crippen molar-refractivity contribution in [3.8, 4) is 0 Å². The van der Waals surface area contributed by atoms with E-state index in [-0.39, 0.29) is 125 Å². The molecule has 18 nitrogen and oxygen atoms in total. The molecule has 7 saturated heterocycles. The molecule has 3 aromatic rings. The number of nitro groups is 1. The van der Waals surface area contributed by atoms with Crippen LogP contribution in [-0.2, 0) is 84.3 Å². The SMILES string of the molecule is CC(C)C[C@@H]1C(=O)O[C@@H]1C.CC(C)[C@@H]1C(=O)OC1(C)C.CC(C)[C@@H]1C(=O)O[C@@H]1C(F)(F)F.CC(C)[C@@H]1C(=O)O[C@@H]1Cc1ccc([N+](=O)[O-])cc1.CC(C)[C@@H]1C(=O)O[C@@H]1Cc1ccccc1.CC(C)[C@@H]1C(=O)O[C@@H]1c1ccccc1.COC[C@H]1OC(=O)[C@H]1C(C)C. The van der Waals surface area contributed by atoms with Gasteiger partial charge in [-0.05, 0) is 85.3 Å². The zero-order valence-electron chi connectivity index (χ0n) is 55.5. The van der Waals surface area contributed by atoms with E-state index in [2.05, 4.69) is 58.4 Å². The summed E-state index contributed by atoms with van der Waals surface area (Å²) < 4.78 is 75.1. The third-order valence-electron chi connectivity index (χ3n) is 16.7. The number of cyclic esters (lactones) is 7. The molecular formula is C69H96F3NO17. The number of ether oxygens (including phenoxy) is 8. The van der Waals surface area contributed by atoms with Gasteiger partial charge in [-0.1, -0.05) is 170 Å². The lowest BCUT2D eigenvalue weighted by molar-refractivity contribution is -0.384. The summed E-state index contributed by atoms with van der Waals surface area (Å²) in [5.74, 6) is 0.295. The Balaban J connectivity index is 0.000000226. The summed E-state index contributed by atoms with van der Waals surface area (Å²) >= 11 is 0. The fraction of sp³-hybridized carbons (Fsp3) is 0.638. The normalized spacial score (nSPS) is 27.2. The first-order valence-electron chi connectivity index (χ1n) is 31.3. The molecule has 0 spiro atoms. The molecule has 0 aromatic heterocycles. The molecule has 0 amide bonds. The number of methoxy groups -OCH3 is 1. The quantitative estimate of drug-likeness (QED) is 0.0561. The molecule has 0 saturated carbocycles. The number of carbonyl (C=O) groups is 7. The van der Waals surface area contributed by atoms with E-state index >= 15 is 0 Å². The van der Waals surface area contributed by atoms with E-state index in [1.54, 1.807) is 33.1 Å². The van der Waals surface area contributed by atoms with Gasteiger partial charge < -0.3 is 37.9 Å². The minimum absolute atomic E-state index is 0.00694. The second-order valence-electron chi connectivity index (χ2n) is 26.8. The molecule has 7 heterocycles. The van der Waals surface area contributed by atoms with Crippen LogP contribution in [0, 0.1) is 93.0 Å². The highest BCUT2D eigenvalue weighted by atomic mass is 19.4. The monoisotopic (exact) mass is 1270 g/mol. The Kier molecular flexibility index (Phi) is 28.1. The minimum atomic E-state index is -4.41. The fourth-order valence-electron chi connectivity index (χ4n) is 11.8. The molecule has 0 radical (unpaired) electrons. The number of non-ortho nitro benzene ring substituents is 1. The number of esters is 7. The van der Waals surface area contributed by atoms with Crippen molar-refractivity contribution >= 4 is 47.5 Å². The molecule has 0 bridgehead atoms. The maximum Gasteiger partial charge on any atom is 0.426 e. The Labute approximate surface area is 528 Å². The van der Waals surface area contributed by atoms with E-state index in [9.17, 15) is 56.8 Å². The Morgan fingerprint density at radius 3 is 1.22 bits per heavy atom. The smallest absolute Gasteiger partial charge is 0.426 e. The average molecular weight is 1270 g/mol. The van der Waals surface area contributed by atoms with Gasteiger partial charge in [0.1, 0.15) is 48.0 Å². The van der Waals surface area contributed by atoms with Crippen molar-refractivity contribution in [1.29, 1.82) is 0 Å². The van der Waals surface area contributed by atoms with Crippen molar-refractivity contribution in [1.82, 2.24) is 0 Å². The topological polar surface area (TPSA) is 236 Å². The highest BCUT2D eigenvalue weighted by Crippen LogP contribution is 2.43. The second kappa shape index (κ2) is 33.4. The summed E-state index contributed by atoms with van der Waals surface area (Å²) in [7, 11) is 1.61. The predicted molar refractivity (Wildman–Crippen MR) is 328 cm³/mol. The minimum Gasteiger partial charge on any atom is -0.461 e. The molecule has 3 aromatic carbocycles. The fourth-order valence-corrected chi connectivity index (χ4v) is 11.8. The van der Waals surface area contributed by atoms with Crippen molar-refractivity contribution < 1.29 is 89.6 Å². The lowest BCUT2D eigenvalue weighted by atomic mass is 9.77. The van der Waals surface area contributed by atoms with Crippen molar-refractivity contribution in [2.45, 2.75) is 185 Å². The summed E-state index contributed by atoms with van der Waals surface area (Å²) in [4.78, 5) is 87.0. The first-order valence-corrected chi connectivity index (χ1v) is 31.3. The molecule has 10 rings (SSSR count). The van der Waals surface area contributed by atoms with Gasteiger partial charge in [-0.15, -0.1) is 0 Å². The van der Waals surface area contributed by atoms with Crippen LogP contribution in [0.15, 0.2) is 84.9 Å². The number of nitrogens with zero attached hydrogens (tertiary/aromatic N) is 1. The third-order valence-corrected chi connectivity index (χ3v) is 16.7. The molecule has 90 heavy (non-hydrogen) atoms. The van der Waals surface area contributed by atoms with Crippen LogP contribution in [0.3, 0.4) is 0 Å². The lowest BCUT2D eigenvalue weighted by Gasteiger charge is -2.44. The van der Waals surface area contributed by atoms with Gasteiger partial charge in [0.15, 0.2) is 0 Å². The Hall–Kier alpha value is -6.90. The van der Waals surface area contributed by atoms with Crippen LogP contribution >= 0.6 is 0 Å². The largest absolute Gasteiger partial charge is 0.461 e. The Bertz CT molecular complexity index is 2840. The van der Waals surface area contributed by atoms with Crippen molar-refractivity contribution in [2.24, 2.45) is 82.9 Å². The van der Waals surface area contributed by atoms with Crippen molar-refractivity contribution in [3.63, 3.8) is 0 Å². The van der Waals surface area contributed by atoms with Crippen LogP contribution in [-0.4, -0.2) is 103 Å². The lowest BCUT2D eigenvalue weighted by Crippen LogP contribution is -2.55. The highest BCUT2D eigenvalue weighted by molar-refractivity contribution is 5.82. The molecule has 0 unspecified atom stereocenters. The van der Waals surface area contributed by atoms with Crippen LogP contribution < -0.4 is 0 Å². The molecular weight excluding hydrogens is 1170 g/mol. The Morgan fingerprint density at radius 2 is 0.922 bits per heavy atom. The summed E-state index contributed by atoms with van der Waals surface area (Å²) in [5.41, 5.74) is 3.14. The molecule has 7 fully saturated rings. The maximum absolute atomic E-state index is 12.0. The predicted octanol–water partition coefficient (Wildman–Crippen LogP) is 13.1. The number of rotatable bonds is 16. The van der Waals surface area contributed by atoms with E-state index < -0.39 is 29.1 Å². The van der Waals surface area contributed by atoms with Crippen LogP contribution in [0.4, 0.5) is 18.9 Å². The van der Waals surface area contributed by atoms with Gasteiger partial charge in [0.05, 0.1) is 41.1 Å². The summed E-state index contributed by atoms with van der Waals surface area (Å²) in [6.45, 7) is 34.2. The number of hydrogen-bond acceptors (Lipinski definition) is 17. The number of hydrogen-bond donors (Lipinski definition) is 0. The molecule has 0 N–H and O–H groups in total. The summed E-state index contributed by atoms with van der Waals surface area (Å²) in [6, 6.07) is 26.5. The van der Waals surface area contributed by atoms with Gasteiger partial charge in [-0.3, -0.25) is 43.7 Å². The number of alkyl halides is 3. The number of carbonyl (C=O) groups excluding carboxylic acids is 7. The van der Waals surface area contributed by atoms with E-state index in [1.807, 2.05) is 111 Å². The standard InChI is InChI=1S/C13H15NO4.C13H16O2.C12H14O2.C8H14O3.2C8H14O2.C7H9F3O2/c1-8(2)12-11(18-13(12)15)7-9-3-5-10(6-4-9)14(16)17;1-9(2)12-11(15-13(12)14)8-10-6-4-3-5-7-10;1-8(2)10-11(14-12(10)13)9-6-4-3-5-7-9;1-5(2)7-6(4-10-3)11-8(7)9;1-5(2)6-7(9)10-8(6,3)4;1-5(2)4-7-6(3)10-8(7)9;1-3(2)4-5(7(8,9)10)12-6(4)11/h3-6,8,11-12H,7H2,1-2H3;3-7,9,11-12H,8H2,1-2H3;3-8,10-11H,1-2H3;5-7H,4H2,1-3H3;5-6H,1-4H3;5-7H,4H2,1-3H3;3-5H,1-2H3/t2*11-,12+;10-,11+;6-,7+;6-;6-,7+;4-,5-/m1101110/s1. The van der Waals surface area contributed by atoms with Gasteiger partial charge in [0.25, 0.3) is 5.69 Å². The molecule has 7 aliphatic rings. The van der Waals surface area contributed by atoms with E-state index in [0.717, 1.165) is 24.0 Å². The molecule has 500 valence electrons. The summed E-state index contributed by atoms with van der Waals surface area (Å²) in [5, 5.41) is 10.5. The van der Waals surface area contributed by atoms with Crippen LogP contribution in [0.2, 0.25) is 0 Å². The molecule has 0 aliphatic carbocycles. The summed E-state index contributed by atoms with van der Waals surface area (Å²) in [6.07, 6.45) is -3.75. The highest BCUT2D eigenvalue weighted by Gasteiger charge is 2.59. The second-order valence-corrected chi connectivity index (χ2v) is 26.8. The number of nitro benzene ring substituents is 1. The van der Waals surface area contributed by atoms with Gasteiger partial charge in [0.2, 0.25) is 6.10 Å². The maximum atomic E-state index is 12.0. The zero-order chi connectivity index (χ0) is 67.9. The first kappa shape index (κ1) is 75.6. The van der Waals surface area contributed by atoms with Gasteiger partial charge in [0, 0.05) is 32.1 Å². The van der Waals surface area contributed by atoms with Crippen molar-refractivity contribution in [3.05, 3.63) is 112 Å². The number of halogens is 3. The van der Waals surface area contributed by atoms with Crippen molar-refractivity contribution in [2.75, 3.05) is 13.7 Å². The molecule has 21 heteroatoms.